The molecule has 1 N–H and O–H groups in total. The summed E-state index contributed by atoms with van der Waals surface area (Å²) in [4.78, 5) is 0. The highest BCUT2D eigenvalue weighted by atomic mass is 31.2. The lowest BCUT2D eigenvalue weighted by Crippen LogP contribution is -2.12. The summed E-state index contributed by atoms with van der Waals surface area (Å²) in [5.41, 5.74) is 1.02. The molecule has 0 spiro atoms. The molecule has 0 saturated carbocycles. The molecule has 0 heterocycles. The molecule has 3 heteroatoms. The van der Waals surface area contributed by atoms with Crippen LogP contribution in [0.1, 0.15) is 13.3 Å². The van der Waals surface area contributed by atoms with Crippen molar-refractivity contribution in [3.63, 3.8) is 0 Å². The smallest absolute Gasteiger partial charge is 0.111 e. The molecule has 1 aromatic rings. The van der Waals surface area contributed by atoms with Crippen molar-refractivity contribution in [2.45, 2.75) is 13.3 Å². The van der Waals surface area contributed by atoms with Gasteiger partial charge in [-0.3, -0.25) is 0 Å². The van der Waals surface area contributed by atoms with Gasteiger partial charge >= 0.3 is 0 Å². The Morgan fingerprint density at radius 3 is 2.50 bits per heavy atom. The van der Waals surface area contributed by atoms with Crippen molar-refractivity contribution < 1.29 is 4.57 Å². The van der Waals surface area contributed by atoms with E-state index in [1.165, 1.54) is 0 Å². The molecule has 0 unspecified atom stereocenters. The summed E-state index contributed by atoms with van der Waals surface area (Å²) in [5, 5.41) is 4.25. The Balaban J connectivity index is 2.98. The number of para-hydroxylation sites is 1. The first-order valence-corrected chi connectivity index (χ1v) is 7.54. The number of hydrogen-bond acceptors (Lipinski definition) is 2. The van der Waals surface area contributed by atoms with Crippen molar-refractivity contribution >= 4 is 18.1 Å². The summed E-state index contributed by atoms with van der Waals surface area (Å²) >= 11 is 0. The molecule has 0 radical (unpaired) electrons. The van der Waals surface area contributed by atoms with Crippen LogP contribution in [0.2, 0.25) is 0 Å². The van der Waals surface area contributed by atoms with Gasteiger partial charge in [0.2, 0.25) is 0 Å². The zero-order valence-corrected chi connectivity index (χ0v) is 9.97. The van der Waals surface area contributed by atoms with E-state index in [9.17, 15) is 4.57 Å². The van der Waals surface area contributed by atoms with Crippen molar-refractivity contribution in [2.24, 2.45) is 0 Å². The maximum Gasteiger partial charge on any atom is 0.111 e. The average molecular weight is 211 g/mol. The Labute approximate surface area is 86.1 Å². The molecule has 0 aliphatic heterocycles. The van der Waals surface area contributed by atoms with E-state index in [0.29, 0.717) is 0 Å². The van der Waals surface area contributed by atoms with E-state index in [1.54, 1.807) is 13.3 Å². The van der Waals surface area contributed by atoms with Crippen molar-refractivity contribution in [1.29, 1.82) is 0 Å². The van der Waals surface area contributed by atoms with Gasteiger partial charge in [0.25, 0.3) is 0 Å². The van der Waals surface area contributed by atoms with Crippen LogP contribution in [0.25, 0.3) is 0 Å². The Morgan fingerprint density at radius 1 is 1.29 bits per heavy atom. The Bertz CT molecular complexity index is 343. The molecule has 14 heavy (non-hydrogen) atoms. The molecule has 0 aromatic heterocycles. The van der Waals surface area contributed by atoms with E-state index in [0.717, 1.165) is 24.0 Å². The standard InChI is InChI=1S/C11H18NOP/c1-4-9-12-10-7-5-6-8-11(10)14(2,3)13/h5-8,12H,4,9H2,1-3H3. The quantitative estimate of drug-likeness (QED) is 0.776. The van der Waals surface area contributed by atoms with Gasteiger partial charge in [-0.15, -0.1) is 0 Å². The maximum atomic E-state index is 12.0. The fourth-order valence-corrected chi connectivity index (χ4v) is 2.53. The maximum absolute atomic E-state index is 12.0. The fourth-order valence-electron chi connectivity index (χ4n) is 1.35. The Kier molecular flexibility index (Phi) is 3.77. The molecule has 0 bridgehead atoms. The van der Waals surface area contributed by atoms with Gasteiger partial charge in [-0.1, -0.05) is 19.1 Å². The fraction of sp³-hybridized carbons (Fsp3) is 0.455. The van der Waals surface area contributed by atoms with Crippen LogP contribution in [0.4, 0.5) is 5.69 Å². The molecule has 0 atom stereocenters. The predicted octanol–water partition coefficient (Wildman–Crippen LogP) is 2.76. The van der Waals surface area contributed by atoms with E-state index in [2.05, 4.69) is 12.2 Å². The molecule has 78 valence electrons. The van der Waals surface area contributed by atoms with Crippen LogP contribution < -0.4 is 10.6 Å². The second-order valence-electron chi connectivity index (χ2n) is 3.79. The van der Waals surface area contributed by atoms with Crippen LogP contribution in [-0.2, 0) is 4.57 Å². The summed E-state index contributed by atoms with van der Waals surface area (Å²) in [6, 6.07) is 7.84. The zero-order valence-electron chi connectivity index (χ0n) is 9.08. The molecule has 2 nitrogen and oxygen atoms in total. The largest absolute Gasteiger partial charge is 0.384 e. The van der Waals surface area contributed by atoms with Crippen LogP contribution in [-0.4, -0.2) is 19.9 Å². The van der Waals surface area contributed by atoms with E-state index >= 15 is 0 Å². The van der Waals surface area contributed by atoms with Gasteiger partial charge in [0.1, 0.15) is 7.14 Å². The molecule has 0 fully saturated rings. The summed E-state index contributed by atoms with van der Waals surface area (Å²) in [5.74, 6) is 0. The molecule has 0 aliphatic rings. The predicted molar refractivity (Wildman–Crippen MR) is 64.3 cm³/mol. The number of nitrogens with one attached hydrogen (secondary N) is 1. The lowest BCUT2D eigenvalue weighted by Gasteiger charge is -2.14. The van der Waals surface area contributed by atoms with Gasteiger partial charge in [0, 0.05) is 17.5 Å². The van der Waals surface area contributed by atoms with Gasteiger partial charge in [0.05, 0.1) is 0 Å². The van der Waals surface area contributed by atoms with Gasteiger partial charge in [-0.2, -0.15) is 0 Å². The van der Waals surface area contributed by atoms with Gasteiger partial charge in [-0.25, -0.2) is 0 Å². The number of anilines is 1. The SMILES string of the molecule is CCCNc1ccccc1P(C)(C)=O. The second-order valence-corrected chi connectivity index (χ2v) is 6.98. The van der Waals surface area contributed by atoms with E-state index in [1.807, 2.05) is 24.3 Å². The van der Waals surface area contributed by atoms with Crippen LogP contribution >= 0.6 is 7.14 Å². The highest BCUT2D eigenvalue weighted by Crippen LogP contribution is 2.37. The summed E-state index contributed by atoms with van der Waals surface area (Å²) < 4.78 is 12.0. The minimum atomic E-state index is -2.16. The van der Waals surface area contributed by atoms with Crippen molar-refractivity contribution in [3.05, 3.63) is 24.3 Å². The molecule has 1 aromatic carbocycles. The zero-order chi connectivity index (χ0) is 10.6. The third kappa shape index (κ3) is 2.88. The average Bonchev–Trinajstić information content (AvgIpc) is 2.14. The summed E-state index contributed by atoms with van der Waals surface area (Å²) in [7, 11) is -2.16. The van der Waals surface area contributed by atoms with Crippen LogP contribution in [0, 0.1) is 0 Å². The molecular formula is C11H18NOP. The molecular weight excluding hydrogens is 193 g/mol. The van der Waals surface area contributed by atoms with Crippen LogP contribution in [0.5, 0.6) is 0 Å². The lowest BCUT2D eigenvalue weighted by atomic mass is 10.3. The number of hydrogen-bond donors (Lipinski definition) is 1. The van der Waals surface area contributed by atoms with Gasteiger partial charge in [0.15, 0.2) is 0 Å². The second kappa shape index (κ2) is 4.65. The lowest BCUT2D eigenvalue weighted by molar-refractivity contribution is 0.588. The first kappa shape index (κ1) is 11.3. The number of rotatable bonds is 4. The third-order valence-corrected chi connectivity index (χ3v) is 3.60. The van der Waals surface area contributed by atoms with Crippen molar-refractivity contribution in [2.75, 3.05) is 25.2 Å². The van der Waals surface area contributed by atoms with Crippen molar-refractivity contribution in [1.82, 2.24) is 0 Å². The highest BCUT2D eigenvalue weighted by Gasteiger charge is 2.14. The van der Waals surface area contributed by atoms with Crippen molar-refractivity contribution in [3.8, 4) is 0 Å². The van der Waals surface area contributed by atoms with Gasteiger partial charge in [-0.05, 0) is 31.9 Å². The number of benzene rings is 1. The summed E-state index contributed by atoms with van der Waals surface area (Å²) in [6.45, 7) is 6.66. The molecule has 0 saturated heterocycles. The molecule has 1 rings (SSSR count). The van der Waals surface area contributed by atoms with E-state index in [4.69, 9.17) is 0 Å². The minimum Gasteiger partial charge on any atom is -0.384 e. The van der Waals surface area contributed by atoms with Crippen LogP contribution in [0.3, 0.4) is 0 Å². The first-order valence-electron chi connectivity index (χ1n) is 4.94. The van der Waals surface area contributed by atoms with Crippen LogP contribution in [0.15, 0.2) is 24.3 Å². The molecule has 0 aliphatic carbocycles. The normalized spacial score (nSPS) is 11.4. The third-order valence-electron chi connectivity index (χ3n) is 2.05. The highest BCUT2D eigenvalue weighted by molar-refractivity contribution is 7.70. The first-order chi connectivity index (χ1) is 6.55. The van der Waals surface area contributed by atoms with E-state index in [-0.39, 0.29) is 0 Å². The Hall–Kier alpha value is -0.750. The Morgan fingerprint density at radius 2 is 1.93 bits per heavy atom. The van der Waals surface area contributed by atoms with E-state index < -0.39 is 7.14 Å². The monoisotopic (exact) mass is 211 g/mol. The minimum absolute atomic E-state index is 0.928. The summed E-state index contributed by atoms with van der Waals surface area (Å²) in [6.07, 6.45) is 1.08. The topological polar surface area (TPSA) is 29.1 Å². The van der Waals surface area contributed by atoms with Gasteiger partial charge < -0.3 is 9.88 Å². The molecule has 0 amide bonds.